The van der Waals surface area contributed by atoms with Crippen molar-refractivity contribution in [2.45, 2.75) is 44.6 Å². The first-order valence-electron chi connectivity index (χ1n) is 8.35. The summed E-state index contributed by atoms with van der Waals surface area (Å²) in [5.74, 6) is -0.644. The molecular formula is C17H25FN2O3S. The molecule has 1 aromatic rings. The number of rotatable bonds is 7. The lowest BCUT2D eigenvalue weighted by atomic mass is 9.95. The summed E-state index contributed by atoms with van der Waals surface area (Å²) in [4.78, 5) is 12.1. The first-order valence-corrected chi connectivity index (χ1v) is 10.2. The van der Waals surface area contributed by atoms with E-state index in [2.05, 4.69) is 5.32 Å². The Labute approximate surface area is 143 Å². The second-order valence-corrected chi connectivity index (χ2v) is 8.23. The topological polar surface area (TPSA) is 66.5 Å². The molecule has 0 spiro atoms. The molecule has 0 bridgehead atoms. The summed E-state index contributed by atoms with van der Waals surface area (Å²) in [5.41, 5.74) is 0.532. The maximum absolute atomic E-state index is 13.5. The zero-order valence-corrected chi connectivity index (χ0v) is 14.8. The molecule has 1 aromatic carbocycles. The van der Waals surface area contributed by atoms with Crippen molar-refractivity contribution in [1.82, 2.24) is 9.62 Å². The molecule has 0 atom stereocenters. The molecule has 0 heterocycles. The molecule has 1 amide bonds. The van der Waals surface area contributed by atoms with Gasteiger partial charge in [-0.25, -0.2) is 12.8 Å². The molecule has 134 valence electrons. The van der Waals surface area contributed by atoms with Crippen molar-refractivity contribution < 1.29 is 17.6 Å². The van der Waals surface area contributed by atoms with E-state index in [1.807, 2.05) is 0 Å². The van der Waals surface area contributed by atoms with Crippen molar-refractivity contribution in [2.24, 2.45) is 0 Å². The van der Waals surface area contributed by atoms with Crippen molar-refractivity contribution >= 4 is 15.9 Å². The van der Waals surface area contributed by atoms with Gasteiger partial charge in [-0.05, 0) is 30.9 Å². The first-order chi connectivity index (χ1) is 11.4. The highest BCUT2D eigenvalue weighted by Crippen LogP contribution is 2.24. The van der Waals surface area contributed by atoms with Crippen LogP contribution in [0.1, 0.15) is 37.7 Å². The third kappa shape index (κ3) is 5.56. The van der Waals surface area contributed by atoms with Crippen molar-refractivity contribution in [2.75, 3.05) is 19.3 Å². The van der Waals surface area contributed by atoms with Crippen LogP contribution in [-0.4, -0.2) is 44.0 Å². The van der Waals surface area contributed by atoms with Crippen molar-refractivity contribution in [3.63, 3.8) is 0 Å². The summed E-state index contributed by atoms with van der Waals surface area (Å²) in [6.07, 6.45) is 6.22. The fraction of sp³-hybridized carbons (Fsp3) is 0.588. The van der Waals surface area contributed by atoms with Gasteiger partial charge >= 0.3 is 0 Å². The van der Waals surface area contributed by atoms with Crippen LogP contribution in [0.4, 0.5) is 4.39 Å². The van der Waals surface area contributed by atoms with Crippen LogP contribution in [-0.2, 0) is 21.2 Å². The fourth-order valence-electron chi connectivity index (χ4n) is 3.12. The zero-order chi connectivity index (χ0) is 17.6. The lowest BCUT2D eigenvalue weighted by Gasteiger charge is -2.31. The van der Waals surface area contributed by atoms with E-state index in [0.29, 0.717) is 12.0 Å². The SMILES string of the molecule is CS(=O)(=O)N(CC(=O)NCCc1ccccc1F)C1CCCCC1. The molecule has 0 radical (unpaired) electrons. The Morgan fingerprint density at radius 2 is 1.92 bits per heavy atom. The standard InChI is InChI=1S/C17H25FN2O3S/c1-24(22,23)20(15-8-3-2-4-9-15)13-17(21)19-12-11-14-7-5-6-10-16(14)18/h5-7,10,15H,2-4,8-9,11-13H2,1H3,(H,19,21). The Kier molecular flexibility index (Phi) is 6.74. The molecule has 1 fully saturated rings. The van der Waals surface area contributed by atoms with Crippen LogP contribution < -0.4 is 5.32 Å². The lowest BCUT2D eigenvalue weighted by Crippen LogP contribution is -2.46. The third-order valence-electron chi connectivity index (χ3n) is 4.38. The van der Waals surface area contributed by atoms with E-state index in [4.69, 9.17) is 0 Å². The summed E-state index contributed by atoms with van der Waals surface area (Å²) in [5, 5.41) is 2.69. The summed E-state index contributed by atoms with van der Waals surface area (Å²) < 4.78 is 38.8. The number of carbonyl (C=O) groups is 1. The molecule has 2 rings (SSSR count). The predicted molar refractivity (Wildman–Crippen MR) is 91.5 cm³/mol. The van der Waals surface area contributed by atoms with E-state index >= 15 is 0 Å². The minimum absolute atomic E-state index is 0.0916. The molecule has 0 unspecified atom stereocenters. The minimum Gasteiger partial charge on any atom is -0.355 e. The average Bonchev–Trinajstić information content (AvgIpc) is 2.54. The molecule has 7 heteroatoms. The largest absolute Gasteiger partial charge is 0.355 e. The number of amides is 1. The number of nitrogens with one attached hydrogen (secondary N) is 1. The summed E-state index contributed by atoms with van der Waals surface area (Å²) >= 11 is 0. The number of nitrogens with zero attached hydrogens (tertiary/aromatic N) is 1. The van der Waals surface area contributed by atoms with Gasteiger partial charge in [0.1, 0.15) is 5.82 Å². The van der Waals surface area contributed by atoms with Gasteiger partial charge in [0.15, 0.2) is 0 Å². The number of sulfonamides is 1. The summed E-state index contributed by atoms with van der Waals surface area (Å²) in [6.45, 7) is 0.114. The van der Waals surface area contributed by atoms with E-state index in [1.165, 1.54) is 10.4 Å². The molecule has 24 heavy (non-hydrogen) atoms. The molecule has 1 saturated carbocycles. The highest BCUT2D eigenvalue weighted by atomic mass is 32.2. The Bertz CT molecular complexity index is 658. The normalized spacial score (nSPS) is 16.3. The molecule has 1 aliphatic carbocycles. The smallest absolute Gasteiger partial charge is 0.235 e. The Morgan fingerprint density at radius 3 is 2.54 bits per heavy atom. The molecular weight excluding hydrogens is 331 g/mol. The molecule has 1 aliphatic rings. The van der Waals surface area contributed by atoms with Crippen LogP contribution in [0.15, 0.2) is 24.3 Å². The molecule has 0 saturated heterocycles. The van der Waals surface area contributed by atoms with Gasteiger partial charge in [0, 0.05) is 12.6 Å². The van der Waals surface area contributed by atoms with Gasteiger partial charge in [-0.2, -0.15) is 4.31 Å². The van der Waals surface area contributed by atoms with E-state index in [0.717, 1.165) is 38.4 Å². The van der Waals surface area contributed by atoms with E-state index in [1.54, 1.807) is 18.2 Å². The Hall–Kier alpha value is -1.47. The van der Waals surface area contributed by atoms with Crippen LogP contribution in [0, 0.1) is 5.82 Å². The predicted octanol–water partition coefficient (Wildman–Crippen LogP) is 2.08. The average molecular weight is 356 g/mol. The van der Waals surface area contributed by atoms with Gasteiger partial charge in [0.05, 0.1) is 12.8 Å². The third-order valence-corrected chi connectivity index (χ3v) is 5.66. The van der Waals surface area contributed by atoms with Crippen molar-refractivity contribution in [1.29, 1.82) is 0 Å². The zero-order valence-electron chi connectivity index (χ0n) is 14.0. The molecule has 5 nitrogen and oxygen atoms in total. The van der Waals surface area contributed by atoms with Crippen molar-refractivity contribution in [3.8, 4) is 0 Å². The lowest BCUT2D eigenvalue weighted by molar-refractivity contribution is -0.121. The van der Waals surface area contributed by atoms with Crippen molar-refractivity contribution in [3.05, 3.63) is 35.6 Å². The first kappa shape index (κ1) is 18.9. The van der Waals surface area contributed by atoms with Crippen LogP contribution in [0.25, 0.3) is 0 Å². The van der Waals surface area contributed by atoms with Gasteiger partial charge in [-0.3, -0.25) is 4.79 Å². The van der Waals surface area contributed by atoms with Gasteiger partial charge in [-0.15, -0.1) is 0 Å². The number of halogens is 1. The number of hydrogen-bond acceptors (Lipinski definition) is 3. The van der Waals surface area contributed by atoms with Crippen LogP contribution in [0.5, 0.6) is 0 Å². The molecule has 1 N–H and O–H groups in total. The van der Waals surface area contributed by atoms with E-state index in [-0.39, 0.29) is 30.9 Å². The summed E-state index contributed by atoms with van der Waals surface area (Å²) in [6, 6.07) is 6.32. The monoisotopic (exact) mass is 356 g/mol. The number of benzene rings is 1. The second-order valence-electron chi connectivity index (χ2n) is 6.29. The molecule has 0 aliphatic heterocycles. The highest BCUT2D eigenvalue weighted by molar-refractivity contribution is 7.88. The maximum Gasteiger partial charge on any atom is 0.235 e. The van der Waals surface area contributed by atoms with Gasteiger partial charge in [-0.1, -0.05) is 37.5 Å². The van der Waals surface area contributed by atoms with Gasteiger partial charge in [0.2, 0.25) is 15.9 Å². The highest BCUT2D eigenvalue weighted by Gasteiger charge is 2.29. The van der Waals surface area contributed by atoms with Gasteiger partial charge in [0.25, 0.3) is 0 Å². The van der Waals surface area contributed by atoms with Crippen LogP contribution in [0.3, 0.4) is 0 Å². The summed E-state index contributed by atoms with van der Waals surface area (Å²) in [7, 11) is -3.43. The minimum atomic E-state index is -3.43. The second kappa shape index (κ2) is 8.58. The van der Waals surface area contributed by atoms with E-state index in [9.17, 15) is 17.6 Å². The molecule has 0 aromatic heterocycles. The van der Waals surface area contributed by atoms with E-state index < -0.39 is 10.0 Å². The fourth-order valence-corrected chi connectivity index (χ4v) is 4.23. The quantitative estimate of drug-likeness (QED) is 0.813. The Balaban J connectivity index is 1.87. The van der Waals surface area contributed by atoms with Crippen LogP contribution >= 0.6 is 0 Å². The van der Waals surface area contributed by atoms with Crippen LogP contribution in [0.2, 0.25) is 0 Å². The number of carbonyl (C=O) groups excluding carboxylic acids is 1. The Morgan fingerprint density at radius 1 is 1.25 bits per heavy atom. The van der Waals surface area contributed by atoms with Gasteiger partial charge < -0.3 is 5.32 Å². The maximum atomic E-state index is 13.5. The number of hydrogen-bond donors (Lipinski definition) is 1.